The third-order valence-electron chi connectivity index (χ3n) is 3.19. The van der Waals surface area contributed by atoms with Gasteiger partial charge >= 0.3 is 6.09 Å². The van der Waals surface area contributed by atoms with Gasteiger partial charge in [-0.15, -0.1) is 0 Å². The standard InChI is InChI=1S/C18H17NO4/c1-2-11-19-18(22)23-16-10-6-5-9-15(16)17(21)14-8-4-3-7-13(14)12-20/h3-10,12H,2,11H2,1H3,(H,19,22). The molecule has 0 aliphatic carbocycles. The van der Waals surface area contributed by atoms with Crippen molar-refractivity contribution in [2.24, 2.45) is 0 Å². The van der Waals surface area contributed by atoms with E-state index < -0.39 is 6.09 Å². The van der Waals surface area contributed by atoms with Crippen LogP contribution in [-0.2, 0) is 0 Å². The van der Waals surface area contributed by atoms with Gasteiger partial charge in [0.2, 0.25) is 0 Å². The second-order valence-electron chi connectivity index (χ2n) is 4.85. The Hall–Kier alpha value is -2.95. The maximum Gasteiger partial charge on any atom is 0.412 e. The van der Waals surface area contributed by atoms with Crippen LogP contribution in [0.5, 0.6) is 5.75 Å². The largest absolute Gasteiger partial charge is 0.412 e. The number of rotatable bonds is 6. The van der Waals surface area contributed by atoms with Crippen molar-refractivity contribution in [3.8, 4) is 5.75 Å². The molecule has 2 rings (SSSR count). The predicted octanol–water partition coefficient (Wildman–Crippen LogP) is 3.23. The molecule has 0 aliphatic rings. The van der Waals surface area contributed by atoms with E-state index in [1.165, 1.54) is 0 Å². The molecule has 0 radical (unpaired) electrons. The van der Waals surface area contributed by atoms with Gasteiger partial charge in [0.05, 0.1) is 5.56 Å². The van der Waals surface area contributed by atoms with Gasteiger partial charge in [0.25, 0.3) is 0 Å². The van der Waals surface area contributed by atoms with Crippen molar-refractivity contribution >= 4 is 18.2 Å². The van der Waals surface area contributed by atoms with E-state index in [0.717, 1.165) is 6.42 Å². The van der Waals surface area contributed by atoms with E-state index in [2.05, 4.69) is 5.32 Å². The Morgan fingerprint density at radius 1 is 1.04 bits per heavy atom. The molecule has 23 heavy (non-hydrogen) atoms. The topological polar surface area (TPSA) is 72.5 Å². The molecule has 0 bridgehead atoms. The highest BCUT2D eigenvalue weighted by atomic mass is 16.6. The third kappa shape index (κ3) is 4.03. The lowest BCUT2D eigenvalue weighted by Gasteiger charge is -2.10. The summed E-state index contributed by atoms with van der Waals surface area (Å²) >= 11 is 0. The summed E-state index contributed by atoms with van der Waals surface area (Å²) in [5, 5.41) is 2.58. The Bertz CT molecular complexity index is 724. The molecule has 2 aromatic rings. The van der Waals surface area contributed by atoms with E-state index in [9.17, 15) is 14.4 Å². The molecule has 0 aliphatic heterocycles. The highest BCUT2D eigenvalue weighted by Gasteiger charge is 2.18. The number of carbonyl (C=O) groups excluding carboxylic acids is 3. The number of hydrogen-bond donors (Lipinski definition) is 1. The van der Waals surface area contributed by atoms with Gasteiger partial charge in [0.15, 0.2) is 12.1 Å². The fourth-order valence-electron chi connectivity index (χ4n) is 2.06. The normalized spacial score (nSPS) is 9.96. The molecule has 118 valence electrons. The molecule has 0 fully saturated rings. The molecular formula is C18H17NO4. The van der Waals surface area contributed by atoms with Crippen molar-refractivity contribution < 1.29 is 19.1 Å². The predicted molar refractivity (Wildman–Crippen MR) is 86.0 cm³/mol. The first-order chi connectivity index (χ1) is 11.2. The van der Waals surface area contributed by atoms with Crippen LogP contribution in [0.3, 0.4) is 0 Å². The van der Waals surface area contributed by atoms with Gasteiger partial charge in [-0.05, 0) is 18.6 Å². The second-order valence-corrected chi connectivity index (χ2v) is 4.85. The van der Waals surface area contributed by atoms with E-state index in [0.29, 0.717) is 18.4 Å². The lowest BCUT2D eigenvalue weighted by atomic mass is 9.98. The number of benzene rings is 2. The van der Waals surface area contributed by atoms with Gasteiger partial charge in [0, 0.05) is 17.7 Å². The first-order valence-electron chi connectivity index (χ1n) is 7.31. The molecule has 0 saturated heterocycles. The van der Waals surface area contributed by atoms with Crippen LogP contribution >= 0.6 is 0 Å². The van der Waals surface area contributed by atoms with Crippen molar-refractivity contribution in [2.45, 2.75) is 13.3 Å². The summed E-state index contributed by atoms with van der Waals surface area (Å²) < 4.78 is 5.20. The van der Waals surface area contributed by atoms with Crippen molar-refractivity contribution in [3.05, 3.63) is 65.2 Å². The summed E-state index contributed by atoms with van der Waals surface area (Å²) in [6.07, 6.45) is 0.795. The number of aldehydes is 1. The zero-order valence-electron chi connectivity index (χ0n) is 12.7. The van der Waals surface area contributed by atoms with E-state index in [1.807, 2.05) is 6.92 Å². The van der Waals surface area contributed by atoms with Crippen LogP contribution < -0.4 is 10.1 Å². The zero-order chi connectivity index (χ0) is 16.7. The van der Waals surface area contributed by atoms with Crippen molar-refractivity contribution in [1.82, 2.24) is 5.32 Å². The molecule has 1 amide bonds. The molecule has 2 aromatic carbocycles. The summed E-state index contributed by atoms with van der Waals surface area (Å²) in [5.74, 6) is -0.210. The number of ether oxygens (including phenoxy) is 1. The molecule has 0 unspecified atom stereocenters. The maximum absolute atomic E-state index is 12.7. The second kappa shape index (κ2) is 7.89. The Balaban J connectivity index is 2.31. The number of para-hydroxylation sites is 1. The smallest absolute Gasteiger partial charge is 0.410 e. The monoisotopic (exact) mass is 311 g/mol. The van der Waals surface area contributed by atoms with Gasteiger partial charge in [-0.2, -0.15) is 0 Å². The molecule has 0 heterocycles. The van der Waals surface area contributed by atoms with Crippen LogP contribution in [0.25, 0.3) is 0 Å². The Kier molecular flexibility index (Phi) is 5.63. The van der Waals surface area contributed by atoms with E-state index in [-0.39, 0.29) is 22.7 Å². The molecule has 0 aromatic heterocycles. The lowest BCUT2D eigenvalue weighted by Crippen LogP contribution is -2.28. The van der Waals surface area contributed by atoms with Crippen molar-refractivity contribution in [3.63, 3.8) is 0 Å². The van der Waals surface area contributed by atoms with Gasteiger partial charge in [0.1, 0.15) is 5.75 Å². The lowest BCUT2D eigenvalue weighted by molar-refractivity contribution is 0.102. The summed E-state index contributed by atoms with van der Waals surface area (Å²) in [6.45, 7) is 2.41. The molecular weight excluding hydrogens is 294 g/mol. The minimum atomic E-state index is -0.615. The summed E-state index contributed by atoms with van der Waals surface area (Å²) in [6, 6.07) is 12.9. The van der Waals surface area contributed by atoms with Gasteiger partial charge in [-0.1, -0.05) is 43.3 Å². The Morgan fingerprint density at radius 3 is 2.39 bits per heavy atom. The highest BCUT2D eigenvalue weighted by Crippen LogP contribution is 2.23. The first kappa shape index (κ1) is 16.4. The minimum absolute atomic E-state index is 0.159. The first-order valence-corrected chi connectivity index (χ1v) is 7.31. The van der Waals surface area contributed by atoms with Crippen molar-refractivity contribution in [2.75, 3.05) is 6.54 Å². The molecule has 0 saturated carbocycles. The molecule has 5 heteroatoms. The molecule has 1 N–H and O–H groups in total. The van der Waals surface area contributed by atoms with Crippen LogP contribution in [0.15, 0.2) is 48.5 Å². The SMILES string of the molecule is CCCNC(=O)Oc1ccccc1C(=O)c1ccccc1C=O. The fourth-order valence-corrected chi connectivity index (χ4v) is 2.06. The quantitative estimate of drug-likeness (QED) is 0.656. The Labute approximate surface area is 134 Å². The number of hydrogen-bond acceptors (Lipinski definition) is 4. The Morgan fingerprint density at radius 2 is 1.70 bits per heavy atom. The summed E-state index contributed by atoms with van der Waals surface area (Å²) in [5.41, 5.74) is 0.795. The van der Waals surface area contributed by atoms with E-state index in [4.69, 9.17) is 4.74 Å². The molecule has 0 atom stereocenters. The van der Waals surface area contributed by atoms with Gasteiger partial charge in [-0.3, -0.25) is 9.59 Å². The number of amides is 1. The summed E-state index contributed by atoms with van der Waals surface area (Å²) in [7, 11) is 0. The third-order valence-corrected chi connectivity index (χ3v) is 3.19. The van der Waals surface area contributed by atoms with Crippen LogP contribution in [-0.4, -0.2) is 24.7 Å². The average Bonchev–Trinajstić information content (AvgIpc) is 2.59. The molecule has 0 spiro atoms. The fraction of sp³-hybridized carbons (Fsp3) is 0.167. The van der Waals surface area contributed by atoms with Gasteiger partial charge in [-0.25, -0.2) is 4.79 Å². The number of carbonyl (C=O) groups is 3. The van der Waals surface area contributed by atoms with Crippen LogP contribution in [0.4, 0.5) is 4.79 Å². The zero-order valence-corrected chi connectivity index (χ0v) is 12.7. The van der Waals surface area contributed by atoms with Crippen LogP contribution in [0.1, 0.15) is 39.6 Å². The highest BCUT2D eigenvalue weighted by molar-refractivity contribution is 6.14. The number of nitrogens with one attached hydrogen (secondary N) is 1. The maximum atomic E-state index is 12.7. The number of ketones is 1. The molecule has 5 nitrogen and oxygen atoms in total. The van der Waals surface area contributed by atoms with E-state index in [1.54, 1.807) is 48.5 Å². The van der Waals surface area contributed by atoms with Gasteiger partial charge < -0.3 is 10.1 Å². The summed E-state index contributed by atoms with van der Waals surface area (Å²) in [4.78, 5) is 35.5. The average molecular weight is 311 g/mol. The van der Waals surface area contributed by atoms with E-state index >= 15 is 0 Å². The van der Waals surface area contributed by atoms with Crippen LogP contribution in [0, 0.1) is 0 Å². The van der Waals surface area contributed by atoms with Crippen molar-refractivity contribution in [1.29, 1.82) is 0 Å². The van der Waals surface area contributed by atoms with Crippen LogP contribution in [0.2, 0.25) is 0 Å². The minimum Gasteiger partial charge on any atom is -0.410 e.